The number of nitrogens with one attached hydrogen (secondary N) is 1. The number of benzene rings is 6. The number of hydrogen-bond acceptors (Lipinski definition) is 15. The summed E-state index contributed by atoms with van der Waals surface area (Å²) < 4.78 is 27.3. The number of carboxylic acid groups (broad SMARTS) is 1. The number of methoxy groups -OCH3 is 4. The van der Waals surface area contributed by atoms with Crippen LogP contribution >= 0.6 is 0 Å². The van der Waals surface area contributed by atoms with Crippen molar-refractivity contribution < 1.29 is 48.0 Å². The van der Waals surface area contributed by atoms with E-state index in [4.69, 9.17) is 28.8 Å². The second-order valence-corrected chi connectivity index (χ2v) is 24.1. The van der Waals surface area contributed by atoms with Gasteiger partial charge in [0, 0.05) is 126 Å². The summed E-state index contributed by atoms with van der Waals surface area (Å²) in [5, 5.41) is 11.7. The molecular weight excluding hydrogens is 1170 g/mol. The lowest BCUT2D eigenvalue weighted by atomic mass is 9.99. The molecule has 93 heavy (non-hydrogen) atoms. The van der Waals surface area contributed by atoms with Gasteiger partial charge in [0.15, 0.2) is 23.0 Å². The first-order valence-electron chi connectivity index (χ1n) is 33.0. The van der Waals surface area contributed by atoms with Gasteiger partial charge in [-0.15, -0.1) is 0 Å². The second-order valence-electron chi connectivity index (χ2n) is 24.1. The minimum Gasteiger partial charge on any atom is -0.493 e. The standard InChI is InChI=1S/C34H44N4O3.C27H38N4O3.C13H17NO4/c1-5-36-19-21-37(22-20-36)31-14-9-13-28-29(31)25-38(34(28)39)30(27-16-17-32(40-3)33(23-27)41-4)15-10-18-35(2)24-26-11-7-6-8-12-26;1-5-29-14-16-30(17-15-29)24-9-6-8-21-22(24)19-31(27(21)32)23(10-7-13-28-2)20-11-12-25(33-3)26(18-20)34-4;1-14(9-5-8-12(15)16)13(17)18-10-11-6-3-2-4-7-11/h6-9,11-14,16-17,23,30H,5,10,15,18-22,24-25H2,1-4H3;6,8-9,11-12,18,23,28H,5,7,10,13-17,19H2,1-4H3;2-4,6-7H,5,8-10H2,1H3,(H,15,16)/t30-;23-;/m11./s1. The van der Waals surface area contributed by atoms with E-state index < -0.39 is 12.1 Å². The van der Waals surface area contributed by atoms with Crippen molar-refractivity contribution >= 4 is 35.3 Å². The molecule has 4 aliphatic heterocycles. The maximum Gasteiger partial charge on any atom is 0.409 e. The molecule has 3 amide bonds. The molecule has 10 rings (SSSR count). The van der Waals surface area contributed by atoms with Crippen molar-refractivity contribution in [3.05, 3.63) is 178 Å². The quantitative estimate of drug-likeness (QED) is 0.0444. The first-order chi connectivity index (χ1) is 45.2. The molecule has 6 aromatic rings. The highest BCUT2D eigenvalue weighted by molar-refractivity contribution is 6.01. The number of carbonyl (C=O) groups is 4. The number of likely N-dealkylation sites (N-methyl/N-ethyl adjacent to an activating group) is 2. The third-order valence-corrected chi connectivity index (χ3v) is 18.2. The Balaban J connectivity index is 0.000000193. The smallest absolute Gasteiger partial charge is 0.409 e. The van der Waals surface area contributed by atoms with Crippen LogP contribution in [0.15, 0.2) is 133 Å². The minimum absolute atomic E-state index is 0.0298. The number of amides is 3. The maximum atomic E-state index is 14.0. The number of piperazine rings is 2. The van der Waals surface area contributed by atoms with Gasteiger partial charge in [-0.2, -0.15) is 0 Å². The zero-order chi connectivity index (χ0) is 66.2. The Labute approximate surface area is 551 Å². The number of ether oxygens (including phenoxy) is 5. The van der Waals surface area contributed by atoms with E-state index in [1.165, 1.54) is 21.8 Å². The molecule has 2 N–H and O–H groups in total. The summed E-state index contributed by atoms with van der Waals surface area (Å²) in [6.07, 6.45) is 3.71. The SMILES string of the molecule is CCN1CCN(c2cccc3c2CN([C@H](CCCN(C)Cc2ccccc2)c2ccc(OC)c(OC)c2)C3=O)CC1.CCN1CCN(c2cccc3c2CN([C@H](CCCNC)c2ccc(OC)c(OC)c2)C3=O)CC1.CN(CCCC(=O)O)C(=O)OCc1ccccc1. The third-order valence-electron chi connectivity index (χ3n) is 18.2. The number of fused-ring (bicyclic) bond motifs is 2. The van der Waals surface area contributed by atoms with Crippen LogP contribution in [0.3, 0.4) is 0 Å². The van der Waals surface area contributed by atoms with Gasteiger partial charge in [-0.25, -0.2) is 4.79 Å². The predicted octanol–water partition coefficient (Wildman–Crippen LogP) is 11.1. The van der Waals surface area contributed by atoms with Gasteiger partial charge < -0.3 is 73.3 Å². The molecule has 4 aliphatic rings. The molecule has 0 bridgehead atoms. The average Bonchev–Trinajstić information content (AvgIpc) is 2.57. The molecule has 0 aliphatic carbocycles. The third kappa shape index (κ3) is 18.9. The van der Waals surface area contributed by atoms with E-state index in [-0.39, 0.29) is 36.9 Å². The van der Waals surface area contributed by atoms with Gasteiger partial charge >= 0.3 is 12.1 Å². The Morgan fingerprint density at radius 2 is 1.01 bits per heavy atom. The normalized spacial score (nSPS) is 15.3. The van der Waals surface area contributed by atoms with Crippen molar-refractivity contribution in [2.45, 2.75) is 90.7 Å². The van der Waals surface area contributed by atoms with Crippen LogP contribution in [-0.2, 0) is 35.8 Å². The van der Waals surface area contributed by atoms with Crippen LogP contribution in [0, 0.1) is 0 Å². The Morgan fingerprint density at radius 1 is 0.548 bits per heavy atom. The Bertz CT molecular complexity index is 3340. The van der Waals surface area contributed by atoms with Crippen molar-refractivity contribution in [1.29, 1.82) is 0 Å². The Hall–Kier alpha value is -8.36. The summed E-state index contributed by atoms with van der Waals surface area (Å²) in [6, 6.07) is 44.4. The van der Waals surface area contributed by atoms with Crippen LogP contribution in [0.4, 0.5) is 16.2 Å². The van der Waals surface area contributed by atoms with Crippen molar-refractivity contribution in [2.24, 2.45) is 0 Å². The summed E-state index contributed by atoms with van der Waals surface area (Å²) in [4.78, 5) is 67.3. The van der Waals surface area contributed by atoms with Gasteiger partial charge in [0.25, 0.3) is 11.8 Å². The molecule has 0 unspecified atom stereocenters. The van der Waals surface area contributed by atoms with Gasteiger partial charge in [-0.05, 0) is 143 Å². The van der Waals surface area contributed by atoms with Crippen LogP contribution < -0.4 is 34.1 Å². The zero-order valence-corrected chi connectivity index (χ0v) is 56.3. The molecule has 2 fully saturated rings. The Morgan fingerprint density at radius 3 is 1.45 bits per heavy atom. The van der Waals surface area contributed by atoms with Crippen LogP contribution in [0.1, 0.15) is 119 Å². The number of carbonyl (C=O) groups excluding carboxylic acids is 3. The van der Waals surface area contributed by atoms with Gasteiger partial charge in [-0.3, -0.25) is 14.4 Å². The van der Waals surface area contributed by atoms with Crippen LogP contribution in [0.25, 0.3) is 0 Å². The molecule has 0 saturated carbocycles. The largest absolute Gasteiger partial charge is 0.493 e. The summed E-state index contributed by atoms with van der Waals surface area (Å²) in [6.45, 7) is 19.5. The molecule has 500 valence electrons. The van der Waals surface area contributed by atoms with Gasteiger partial charge in [0.1, 0.15) is 6.61 Å². The van der Waals surface area contributed by atoms with Gasteiger partial charge in [0.05, 0.1) is 40.5 Å². The molecule has 0 radical (unpaired) electrons. The molecular formula is C74H99N9O10. The highest BCUT2D eigenvalue weighted by atomic mass is 16.6. The number of nitrogens with zero attached hydrogens (tertiary/aromatic N) is 8. The Kier molecular flexibility index (Phi) is 27.0. The van der Waals surface area contributed by atoms with E-state index >= 15 is 0 Å². The highest BCUT2D eigenvalue weighted by Crippen LogP contribution is 2.43. The fraction of sp³-hybridized carbons (Fsp3) is 0.459. The lowest BCUT2D eigenvalue weighted by Crippen LogP contribution is -2.46. The van der Waals surface area contributed by atoms with Crippen molar-refractivity contribution in [3.8, 4) is 23.0 Å². The second kappa shape index (κ2) is 35.6. The maximum absolute atomic E-state index is 14.0. The van der Waals surface area contributed by atoms with E-state index in [2.05, 4.69) is 110 Å². The van der Waals surface area contributed by atoms with E-state index in [9.17, 15) is 19.2 Å². The number of carboxylic acids is 1. The fourth-order valence-corrected chi connectivity index (χ4v) is 12.9. The topological polar surface area (TPSA) is 173 Å². The molecule has 2 saturated heterocycles. The molecule has 19 heteroatoms. The molecule has 0 spiro atoms. The fourth-order valence-electron chi connectivity index (χ4n) is 12.9. The zero-order valence-electron chi connectivity index (χ0n) is 56.3. The first kappa shape index (κ1) is 70.5. The first-order valence-corrected chi connectivity index (χ1v) is 33.0. The molecule has 2 atom stereocenters. The van der Waals surface area contributed by atoms with E-state index in [1.54, 1.807) is 35.5 Å². The predicted molar refractivity (Wildman–Crippen MR) is 367 cm³/mol. The minimum atomic E-state index is -0.860. The lowest BCUT2D eigenvalue weighted by molar-refractivity contribution is -0.137. The molecule has 19 nitrogen and oxygen atoms in total. The van der Waals surface area contributed by atoms with E-state index in [1.807, 2.05) is 90.8 Å². The monoisotopic (exact) mass is 1270 g/mol. The molecule has 0 aromatic heterocycles. The van der Waals surface area contributed by atoms with Gasteiger partial charge in [-0.1, -0.05) is 98.8 Å². The number of rotatable bonds is 28. The van der Waals surface area contributed by atoms with Crippen molar-refractivity contribution in [3.63, 3.8) is 0 Å². The summed E-state index contributed by atoms with van der Waals surface area (Å²) in [5.41, 5.74) is 10.8. The van der Waals surface area contributed by atoms with Crippen molar-refractivity contribution in [2.75, 3.05) is 144 Å². The highest BCUT2D eigenvalue weighted by Gasteiger charge is 2.38. The summed E-state index contributed by atoms with van der Waals surface area (Å²) >= 11 is 0. The lowest BCUT2D eigenvalue weighted by Gasteiger charge is -2.36. The van der Waals surface area contributed by atoms with E-state index in [0.717, 1.165) is 150 Å². The average molecular weight is 1270 g/mol. The number of hydrogen-bond donors (Lipinski definition) is 2. The number of aliphatic carboxylic acids is 1. The molecule has 6 aromatic carbocycles. The van der Waals surface area contributed by atoms with Crippen molar-refractivity contribution in [1.82, 2.24) is 34.7 Å². The summed E-state index contributed by atoms with van der Waals surface area (Å²) in [7, 11) is 12.3. The summed E-state index contributed by atoms with van der Waals surface area (Å²) in [5.74, 6) is 2.15. The van der Waals surface area contributed by atoms with Crippen LogP contribution in [0.2, 0.25) is 0 Å². The van der Waals surface area contributed by atoms with E-state index in [0.29, 0.717) is 49.1 Å². The molecule has 4 heterocycles. The van der Waals surface area contributed by atoms with Crippen LogP contribution in [0.5, 0.6) is 23.0 Å². The van der Waals surface area contributed by atoms with Gasteiger partial charge in [0.2, 0.25) is 0 Å². The van der Waals surface area contributed by atoms with Crippen LogP contribution in [-0.4, -0.2) is 193 Å². The number of anilines is 2.